The summed E-state index contributed by atoms with van der Waals surface area (Å²) in [6, 6.07) is 6.51. The Balaban J connectivity index is 2.07. The molecule has 0 aliphatic carbocycles. The minimum Gasteiger partial charge on any atom is -0.385 e. The average Bonchev–Trinajstić information content (AvgIpc) is 2.47. The fraction of sp³-hybridized carbons (Fsp3) is 0.429. The van der Waals surface area contributed by atoms with Crippen LogP contribution in [0.15, 0.2) is 24.3 Å². The summed E-state index contributed by atoms with van der Waals surface area (Å²) in [7, 11) is -2.26. The van der Waals surface area contributed by atoms with Gasteiger partial charge in [-0.1, -0.05) is 18.2 Å². The quantitative estimate of drug-likeness (QED) is 0.750. The second-order valence-electron chi connectivity index (χ2n) is 4.92. The van der Waals surface area contributed by atoms with Crippen LogP contribution in [0.2, 0.25) is 0 Å². The normalized spacial score (nSPS) is 16.2. The van der Waals surface area contributed by atoms with Crippen molar-refractivity contribution in [3.8, 4) is 0 Å². The molecule has 120 valence electrons. The molecule has 1 aromatic rings. The number of methoxy groups -OCH3 is 1. The summed E-state index contributed by atoms with van der Waals surface area (Å²) in [5, 5.41) is 2.57. The number of nitrogens with one attached hydrogen (secondary N) is 1. The molecule has 0 spiro atoms. The zero-order chi connectivity index (χ0) is 16.2. The van der Waals surface area contributed by atoms with Crippen molar-refractivity contribution < 1.29 is 22.7 Å². The summed E-state index contributed by atoms with van der Waals surface area (Å²) in [6.45, 7) is 0.364. The Morgan fingerprint density at radius 1 is 1.36 bits per heavy atom. The van der Waals surface area contributed by atoms with Gasteiger partial charge in [-0.3, -0.25) is 9.59 Å². The summed E-state index contributed by atoms with van der Waals surface area (Å²) in [5.41, 5.74) is 0.786. The number of carbonyl (C=O) groups is 2. The molecule has 1 heterocycles. The number of ether oxygens (including phenoxy) is 1. The van der Waals surface area contributed by atoms with Gasteiger partial charge in [0.25, 0.3) is 5.91 Å². The summed E-state index contributed by atoms with van der Waals surface area (Å²) in [4.78, 5) is 24.1. The number of benzene rings is 1. The van der Waals surface area contributed by atoms with E-state index in [-0.39, 0.29) is 5.75 Å². The number of rotatable bonds is 6. The lowest BCUT2D eigenvalue weighted by Crippen LogP contribution is -2.47. The second-order valence-corrected chi connectivity index (χ2v) is 6.81. The van der Waals surface area contributed by atoms with E-state index in [1.54, 1.807) is 31.4 Å². The van der Waals surface area contributed by atoms with Crippen LogP contribution < -0.4 is 5.32 Å². The van der Waals surface area contributed by atoms with Crippen LogP contribution in [0.4, 0.5) is 0 Å². The lowest BCUT2D eigenvalue weighted by molar-refractivity contribution is -0.121. The zero-order valence-corrected chi connectivity index (χ0v) is 13.1. The summed E-state index contributed by atoms with van der Waals surface area (Å²) in [5.74, 6) is -1.44. The molecule has 22 heavy (non-hydrogen) atoms. The first kappa shape index (κ1) is 16.4. The second kappa shape index (κ2) is 6.89. The van der Waals surface area contributed by atoms with Crippen LogP contribution in [0.25, 0.3) is 0 Å². The molecule has 1 aliphatic heterocycles. The molecule has 0 aromatic heterocycles. The van der Waals surface area contributed by atoms with Gasteiger partial charge in [-0.2, -0.15) is 0 Å². The van der Waals surface area contributed by atoms with Gasteiger partial charge in [0.15, 0.2) is 0 Å². The number of hydrogen-bond donors (Lipinski definition) is 1. The van der Waals surface area contributed by atoms with Crippen LogP contribution in [0.1, 0.15) is 22.3 Å². The highest BCUT2D eigenvalue weighted by molar-refractivity contribution is 7.89. The predicted molar refractivity (Wildman–Crippen MR) is 79.6 cm³/mol. The van der Waals surface area contributed by atoms with Gasteiger partial charge < -0.3 is 10.1 Å². The van der Waals surface area contributed by atoms with Crippen LogP contribution in [0.3, 0.4) is 0 Å². The van der Waals surface area contributed by atoms with Gasteiger partial charge in [-0.05, 0) is 18.1 Å². The first-order valence-electron chi connectivity index (χ1n) is 6.84. The molecule has 2 rings (SSSR count). The largest absolute Gasteiger partial charge is 0.385 e. The maximum Gasteiger partial charge on any atom is 0.268 e. The van der Waals surface area contributed by atoms with E-state index in [9.17, 15) is 18.0 Å². The highest BCUT2D eigenvalue weighted by Crippen LogP contribution is 2.24. The summed E-state index contributed by atoms with van der Waals surface area (Å²) in [6.07, 6.45) is 0.617. The number of amides is 2. The molecule has 0 bridgehead atoms. The van der Waals surface area contributed by atoms with Crippen molar-refractivity contribution in [3.05, 3.63) is 35.4 Å². The van der Waals surface area contributed by atoms with Gasteiger partial charge in [-0.15, -0.1) is 0 Å². The highest BCUT2D eigenvalue weighted by Gasteiger charge is 2.36. The smallest absolute Gasteiger partial charge is 0.268 e. The Morgan fingerprint density at radius 3 is 2.82 bits per heavy atom. The molecule has 0 fully saturated rings. The molecular weight excluding hydrogens is 308 g/mol. The predicted octanol–water partition coefficient (Wildman–Crippen LogP) is 0.125. The molecule has 2 amide bonds. The Hall–Kier alpha value is -1.93. The number of nitrogens with zero attached hydrogens (tertiary/aromatic N) is 1. The Kier molecular flexibility index (Phi) is 5.15. The van der Waals surface area contributed by atoms with Gasteiger partial charge in [0, 0.05) is 25.8 Å². The molecule has 1 aliphatic rings. The van der Waals surface area contributed by atoms with Gasteiger partial charge in [0.1, 0.15) is 6.54 Å². The van der Waals surface area contributed by atoms with Gasteiger partial charge in [0.2, 0.25) is 15.9 Å². The van der Waals surface area contributed by atoms with Crippen molar-refractivity contribution in [2.75, 3.05) is 26.8 Å². The van der Waals surface area contributed by atoms with E-state index in [1.165, 1.54) is 0 Å². The van der Waals surface area contributed by atoms with Crippen molar-refractivity contribution in [2.24, 2.45) is 0 Å². The molecule has 0 saturated carbocycles. The zero-order valence-electron chi connectivity index (χ0n) is 12.2. The van der Waals surface area contributed by atoms with E-state index in [0.29, 0.717) is 35.0 Å². The first-order chi connectivity index (χ1) is 10.5. The van der Waals surface area contributed by atoms with E-state index >= 15 is 0 Å². The molecule has 0 unspecified atom stereocenters. The first-order valence-corrected chi connectivity index (χ1v) is 8.45. The molecular formula is C14H18N2O5S. The van der Waals surface area contributed by atoms with Crippen LogP contribution >= 0.6 is 0 Å². The molecule has 0 atom stereocenters. The van der Waals surface area contributed by atoms with Crippen LogP contribution in [0, 0.1) is 0 Å². The molecule has 0 saturated heterocycles. The SMILES string of the molecule is COCCCNC(=O)CN1C(=O)c2ccccc2CS1(=O)=O. The number of carbonyl (C=O) groups excluding carboxylic acids is 2. The van der Waals surface area contributed by atoms with E-state index < -0.39 is 28.4 Å². The fourth-order valence-corrected chi connectivity index (χ4v) is 3.66. The maximum absolute atomic E-state index is 12.3. The van der Waals surface area contributed by atoms with E-state index in [4.69, 9.17) is 4.74 Å². The minimum absolute atomic E-state index is 0.272. The third kappa shape index (κ3) is 3.63. The third-order valence-corrected chi connectivity index (χ3v) is 4.92. The van der Waals surface area contributed by atoms with Crippen molar-refractivity contribution in [1.82, 2.24) is 9.62 Å². The summed E-state index contributed by atoms with van der Waals surface area (Å²) >= 11 is 0. The summed E-state index contributed by atoms with van der Waals surface area (Å²) < 4.78 is 29.8. The van der Waals surface area contributed by atoms with Crippen molar-refractivity contribution in [1.29, 1.82) is 0 Å². The van der Waals surface area contributed by atoms with Crippen molar-refractivity contribution in [2.45, 2.75) is 12.2 Å². The van der Waals surface area contributed by atoms with Crippen LogP contribution in [-0.2, 0) is 25.3 Å². The van der Waals surface area contributed by atoms with Crippen molar-refractivity contribution in [3.63, 3.8) is 0 Å². The fourth-order valence-electron chi connectivity index (χ4n) is 2.19. The number of sulfonamides is 1. The topological polar surface area (TPSA) is 92.8 Å². The molecule has 7 nitrogen and oxygen atoms in total. The minimum atomic E-state index is -3.82. The highest BCUT2D eigenvalue weighted by atomic mass is 32.2. The van der Waals surface area contributed by atoms with E-state index in [0.717, 1.165) is 0 Å². The average molecular weight is 326 g/mol. The van der Waals surface area contributed by atoms with Gasteiger partial charge >= 0.3 is 0 Å². The van der Waals surface area contributed by atoms with E-state index in [2.05, 4.69) is 5.32 Å². The Morgan fingerprint density at radius 2 is 2.09 bits per heavy atom. The van der Waals surface area contributed by atoms with E-state index in [1.807, 2.05) is 0 Å². The lowest BCUT2D eigenvalue weighted by Gasteiger charge is -2.27. The molecule has 0 radical (unpaired) electrons. The molecule has 8 heteroatoms. The van der Waals surface area contributed by atoms with Crippen LogP contribution in [-0.4, -0.2) is 51.3 Å². The molecule has 1 aromatic carbocycles. The maximum atomic E-state index is 12.3. The van der Waals surface area contributed by atoms with Gasteiger partial charge in [-0.25, -0.2) is 12.7 Å². The Bertz CT molecular complexity index is 672. The van der Waals surface area contributed by atoms with Crippen LogP contribution in [0.5, 0.6) is 0 Å². The van der Waals surface area contributed by atoms with Crippen molar-refractivity contribution >= 4 is 21.8 Å². The third-order valence-electron chi connectivity index (χ3n) is 3.28. The number of fused-ring (bicyclic) bond motifs is 1. The lowest BCUT2D eigenvalue weighted by atomic mass is 10.1. The molecule has 1 N–H and O–H groups in total. The Labute approximate surface area is 129 Å². The number of hydrogen-bond acceptors (Lipinski definition) is 5. The standard InChI is InChI=1S/C14H18N2O5S/c1-21-8-4-7-15-13(17)9-16-14(18)12-6-3-2-5-11(12)10-22(16,19)20/h2-3,5-6H,4,7-10H2,1H3,(H,15,17). The van der Waals surface area contributed by atoms with Gasteiger partial charge in [0.05, 0.1) is 5.75 Å². The monoisotopic (exact) mass is 326 g/mol.